The maximum Gasteiger partial charge on any atom is 0.410 e. The van der Waals surface area contributed by atoms with Crippen LogP contribution in [0.5, 0.6) is 0 Å². The molecule has 1 aromatic heterocycles. The van der Waals surface area contributed by atoms with Gasteiger partial charge in [-0.25, -0.2) is 9.78 Å². The van der Waals surface area contributed by atoms with Gasteiger partial charge in [0, 0.05) is 13.0 Å². The van der Waals surface area contributed by atoms with Gasteiger partial charge in [-0.1, -0.05) is 91.0 Å². The summed E-state index contributed by atoms with van der Waals surface area (Å²) in [5.41, 5.74) is 4.21. The summed E-state index contributed by atoms with van der Waals surface area (Å²) in [7, 11) is 0. The average molecular weight is 510 g/mol. The first-order chi connectivity index (χ1) is 18.6. The van der Waals surface area contributed by atoms with Crippen molar-refractivity contribution in [2.45, 2.75) is 32.5 Å². The summed E-state index contributed by atoms with van der Waals surface area (Å²) in [5.74, 6) is 0.651. The molecule has 194 valence electrons. The molecule has 1 amide bonds. The highest BCUT2D eigenvalue weighted by atomic mass is 16.6. The molecule has 0 fully saturated rings. The Bertz CT molecular complexity index is 1380. The van der Waals surface area contributed by atoms with E-state index in [-0.39, 0.29) is 24.8 Å². The van der Waals surface area contributed by atoms with Crippen LogP contribution in [-0.4, -0.2) is 40.3 Å². The molecule has 4 aromatic rings. The zero-order chi connectivity index (χ0) is 26.3. The summed E-state index contributed by atoms with van der Waals surface area (Å²) < 4.78 is 12.8. The first-order valence-electron chi connectivity index (χ1n) is 12.9. The standard InChI is InChI=1S/C31H31N3O4/c1-23-32-28-17-18-33(31(36)38-20-19-37-22-24-11-5-2-6-12-24)21-27(28)30(35)34(23)29(25-13-7-3-8-14-25)26-15-9-4-10-16-26/h2-16,29H,17-22H2,1H3. The van der Waals surface area contributed by atoms with Crippen LogP contribution >= 0.6 is 0 Å². The number of aromatic nitrogens is 2. The predicted octanol–water partition coefficient (Wildman–Crippen LogP) is 4.90. The molecule has 7 nitrogen and oxygen atoms in total. The van der Waals surface area contributed by atoms with Crippen molar-refractivity contribution in [2.24, 2.45) is 0 Å². The van der Waals surface area contributed by atoms with Crippen molar-refractivity contribution in [1.82, 2.24) is 14.5 Å². The molecule has 0 radical (unpaired) electrons. The van der Waals surface area contributed by atoms with Crippen LogP contribution in [0.25, 0.3) is 0 Å². The molecular weight excluding hydrogens is 478 g/mol. The van der Waals surface area contributed by atoms with Crippen LogP contribution < -0.4 is 5.56 Å². The van der Waals surface area contributed by atoms with Crippen LogP contribution in [0.2, 0.25) is 0 Å². The van der Waals surface area contributed by atoms with Gasteiger partial charge < -0.3 is 14.4 Å². The van der Waals surface area contributed by atoms with Crippen molar-refractivity contribution in [1.29, 1.82) is 0 Å². The Balaban J connectivity index is 1.32. The normalized spacial score (nSPS) is 12.8. The average Bonchev–Trinajstić information content (AvgIpc) is 2.96. The second kappa shape index (κ2) is 11.9. The van der Waals surface area contributed by atoms with Gasteiger partial charge in [0.2, 0.25) is 0 Å². The zero-order valence-corrected chi connectivity index (χ0v) is 21.5. The first-order valence-corrected chi connectivity index (χ1v) is 12.9. The highest BCUT2D eigenvalue weighted by Crippen LogP contribution is 2.27. The molecule has 0 aliphatic carbocycles. The van der Waals surface area contributed by atoms with Crippen molar-refractivity contribution in [2.75, 3.05) is 19.8 Å². The van der Waals surface area contributed by atoms with Crippen LogP contribution in [-0.2, 0) is 29.0 Å². The highest BCUT2D eigenvalue weighted by molar-refractivity contribution is 5.68. The van der Waals surface area contributed by atoms with E-state index < -0.39 is 6.09 Å². The molecule has 0 bridgehead atoms. The second-order valence-corrected chi connectivity index (χ2v) is 9.31. The van der Waals surface area contributed by atoms with Crippen molar-refractivity contribution in [3.8, 4) is 0 Å². The van der Waals surface area contributed by atoms with Crippen molar-refractivity contribution in [3.05, 3.63) is 135 Å². The van der Waals surface area contributed by atoms with Crippen LogP contribution in [0.4, 0.5) is 4.79 Å². The van der Waals surface area contributed by atoms with Crippen LogP contribution in [0.3, 0.4) is 0 Å². The summed E-state index contributed by atoms with van der Waals surface area (Å²) >= 11 is 0. The van der Waals surface area contributed by atoms with Gasteiger partial charge in [-0.15, -0.1) is 0 Å². The minimum atomic E-state index is -0.451. The Labute approximate surface area is 222 Å². The number of carbonyl (C=O) groups is 1. The number of ether oxygens (including phenoxy) is 2. The van der Waals surface area contributed by atoms with Gasteiger partial charge >= 0.3 is 6.09 Å². The third-order valence-electron chi connectivity index (χ3n) is 6.75. The van der Waals surface area contributed by atoms with Crippen LogP contribution in [0, 0.1) is 6.92 Å². The molecule has 0 saturated heterocycles. The third kappa shape index (κ3) is 5.68. The lowest BCUT2D eigenvalue weighted by Crippen LogP contribution is -2.43. The maximum atomic E-state index is 13.9. The lowest BCUT2D eigenvalue weighted by Gasteiger charge is -2.30. The van der Waals surface area contributed by atoms with Gasteiger partial charge in [-0.05, 0) is 23.6 Å². The van der Waals surface area contributed by atoms with E-state index in [1.54, 1.807) is 9.47 Å². The molecule has 0 N–H and O–H groups in total. The number of hydrogen-bond acceptors (Lipinski definition) is 5. The van der Waals surface area contributed by atoms with E-state index in [4.69, 9.17) is 14.5 Å². The summed E-state index contributed by atoms with van der Waals surface area (Å²) in [4.78, 5) is 33.1. The Hall–Kier alpha value is -4.23. The molecule has 1 aliphatic heterocycles. The number of carbonyl (C=O) groups excluding carboxylic acids is 1. The number of aryl methyl sites for hydroxylation is 1. The summed E-state index contributed by atoms with van der Waals surface area (Å²) in [6.07, 6.45) is 0.0564. The van der Waals surface area contributed by atoms with E-state index in [0.717, 1.165) is 22.4 Å². The van der Waals surface area contributed by atoms with E-state index in [0.29, 0.717) is 37.6 Å². The molecule has 0 saturated carbocycles. The van der Waals surface area contributed by atoms with Crippen LogP contribution in [0.15, 0.2) is 95.8 Å². The molecule has 0 atom stereocenters. The number of amides is 1. The SMILES string of the molecule is Cc1nc2c(c(=O)n1C(c1ccccc1)c1ccccc1)CN(C(=O)OCCOCc1ccccc1)CC2. The summed E-state index contributed by atoms with van der Waals surface area (Å²) in [6, 6.07) is 29.4. The summed E-state index contributed by atoms with van der Waals surface area (Å²) in [5, 5.41) is 0. The number of nitrogens with zero attached hydrogens (tertiary/aromatic N) is 3. The lowest BCUT2D eigenvalue weighted by atomic mass is 9.97. The van der Waals surface area contributed by atoms with E-state index in [1.807, 2.05) is 97.9 Å². The fraction of sp³-hybridized carbons (Fsp3) is 0.258. The fourth-order valence-electron chi connectivity index (χ4n) is 4.87. The van der Waals surface area contributed by atoms with Gasteiger partial charge in [0.25, 0.3) is 5.56 Å². The van der Waals surface area contributed by atoms with Crippen LogP contribution in [0.1, 0.15) is 39.8 Å². The quantitative estimate of drug-likeness (QED) is 0.316. The fourth-order valence-corrected chi connectivity index (χ4v) is 4.87. The van der Waals surface area contributed by atoms with Gasteiger partial charge in [-0.2, -0.15) is 0 Å². The van der Waals surface area contributed by atoms with Crippen molar-refractivity contribution >= 4 is 6.09 Å². The largest absolute Gasteiger partial charge is 0.447 e. The maximum absolute atomic E-state index is 13.9. The second-order valence-electron chi connectivity index (χ2n) is 9.31. The Kier molecular flexibility index (Phi) is 7.95. The summed E-state index contributed by atoms with van der Waals surface area (Å²) in [6.45, 7) is 3.40. The number of fused-ring (bicyclic) bond motifs is 1. The van der Waals surface area contributed by atoms with Gasteiger partial charge in [0.15, 0.2) is 0 Å². The molecular formula is C31H31N3O4. The predicted molar refractivity (Wildman–Crippen MR) is 145 cm³/mol. The van der Waals surface area contributed by atoms with Gasteiger partial charge in [-0.3, -0.25) is 9.36 Å². The minimum Gasteiger partial charge on any atom is -0.447 e. The van der Waals surface area contributed by atoms with E-state index in [2.05, 4.69) is 0 Å². The highest BCUT2D eigenvalue weighted by Gasteiger charge is 2.29. The Morgan fingerprint density at radius 1 is 0.895 bits per heavy atom. The number of benzene rings is 3. The molecule has 5 rings (SSSR count). The first kappa shape index (κ1) is 25.4. The Morgan fingerprint density at radius 2 is 1.50 bits per heavy atom. The molecule has 2 heterocycles. The number of hydrogen-bond donors (Lipinski definition) is 0. The molecule has 3 aromatic carbocycles. The lowest BCUT2D eigenvalue weighted by molar-refractivity contribution is 0.0468. The molecule has 7 heteroatoms. The minimum absolute atomic E-state index is 0.131. The Morgan fingerprint density at radius 3 is 2.13 bits per heavy atom. The van der Waals surface area contributed by atoms with E-state index >= 15 is 0 Å². The van der Waals surface area contributed by atoms with Crippen molar-refractivity contribution in [3.63, 3.8) is 0 Å². The van der Waals surface area contributed by atoms with Gasteiger partial charge in [0.05, 0.1) is 37.1 Å². The molecule has 1 aliphatic rings. The zero-order valence-electron chi connectivity index (χ0n) is 21.5. The molecule has 0 spiro atoms. The smallest absolute Gasteiger partial charge is 0.410 e. The third-order valence-corrected chi connectivity index (χ3v) is 6.75. The molecule has 38 heavy (non-hydrogen) atoms. The monoisotopic (exact) mass is 509 g/mol. The van der Waals surface area contributed by atoms with Crippen molar-refractivity contribution < 1.29 is 14.3 Å². The molecule has 0 unspecified atom stereocenters. The van der Waals surface area contributed by atoms with E-state index in [9.17, 15) is 9.59 Å². The number of rotatable bonds is 8. The topological polar surface area (TPSA) is 73.7 Å². The van der Waals surface area contributed by atoms with E-state index in [1.165, 1.54) is 0 Å². The van der Waals surface area contributed by atoms with Gasteiger partial charge in [0.1, 0.15) is 12.4 Å².